The van der Waals surface area contributed by atoms with E-state index < -0.39 is 10.0 Å². The molecule has 0 aliphatic rings. The molecule has 0 radical (unpaired) electrons. The maximum absolute atomic E-state index is 13.0. The van der Waals surface area contributed by atoms with Gasteiger partial charge in [-0.25, -0.2) is 18.1 Å². The molecule has 0 aliphatic heterocycles. The molecule has 0 spiro atoms. The molecule has 8 heteroatoms. The van der Waals surface area contributed by atoms with Crippen LogP contribution in [0.5, 0.6) is 0 Å². The Bertz CT molecular complexity index is 1240. The molecule has 0 amide bonds. The Morgan fingerprint density at radius 3 is 2.27 bits per heavy atom. The predicted octanol–water partition coefficient (Wildman–Crippen LogP) is 4.41. The number of para-hydroxylation sites is 1. The van der Waals surface area contributed by atoms with Gasteiger partial charge in [0.25, 0.3) is 0 Å². The molecule has 0 saturated heterocycles. The van der Waals surface area contributed by atoms with Crippen LogP contribution in [-0.4, -0.2) is 34.5 Å². The molecule has 0 N–H and O–H groups in total. The monoisotopic (exact) mass is 438 g/mol. The number of hydrogen-bond acceptors (Lipinski definition) is 4. The topological polar surface area (TPSA) is 68.1 Å². The molecule has 0 bridgehead atoms. The number of halogens is 1. The second kappa shape index (κ2) is 8.39. The fourth-order valence-electron chi connectivity index (χ4n) is 3.10. The molecular formula is C22H19ClN4O2S. The van der Waals surface area contributed by atoms with Crippen LogP contribution in [0.25, 0.3) is 16.9 Å². The Labute approximate surface area is 180 Å². The van der Waals surface area contributed by atoms with Crippen LogP contribution in [0.3, 0.4) is 0 Å². The van der Waals surface area contributed by atoms with Crippen LogP contribution in [-0.2, 0) is 16.6 Å². The SMILES string of the molecule is CN(Cc1cn(-c2ccccc2)nc1-c1ccccc1)S(=O)(=O)c1ccc(Cl)nc1. The van der Waals surface area contributed by atoms with Crippen molar-refractivity contribution in [3.05, 3.63) is 95.9 Å². The van der Waals surface area contributed by atoms with E-state index in [1.807, 2.05) is 66.9 Å². The van der Waals surface area contributed by atoms with E-state index in [9.17, 15) is 8.42 Å². The van der Waals surface area contributed by atoms with Gasteiger partial charge in [0.2, 0.25) is 10.0 Å². The molecule has 152 valence electrons. The summed E-state index contributed by atoms with van der Waals surface area (Å²) in [6, 6.07) is 22.3. The summed E-state index contributed by atoms with van der Waals surface area (Å²) in [6.45, 7) is 0.155. The number of benzene rings is 2. The molecule has 0 unspecified atom stereocenters. The van der Waals surface area contributed by atoms with Crippen molar-refractivity contribution < 1.29 is 8.42 Å². The highest BCUT2D eigenvalue weighted by molar-refractivity contribution is 7.89. The van der Waals surface area contributed by atoms with Crippen molar-refractivity contribution in [3.63, 3.8) is 0 Å². The first-order valence-electron chi connectivity index (χ1n) is 9.22. The van der Waals surface area contributed by atoms with Crippen LogP contribution in [0.2, 0.25) is 5.15 Å². The summed E-state index contributed by atoms with van der Waals surface area (Å²) in [6.07, 6.45) is 3.13. The summed E-state index contributed by atoms with van der Waals surface area (Å²) in [5.74, 6) is 0. The number of nitrogens with zero attached hydrogens (tertiary/aromatic N) is 4. The van der Waals surface area contributed by atoms with Crippen molar-refractivity contribution >= 4 is 21.6 Å². The molecular weight excluding hydrogens is 420 g/mol. The summed E-state index contributed by atoms with van der Waals surface area (Å²) >= 11 is 5.79. The smallest absolute Gasteiger partial charge is 0.243 e. The lowest BCUT2D eigenvalue weighted by atomic mass is 10.1. The minimum Gasteiger partial charge on any atom is -0.243 e. The van der Waals surface area contributed by atoms with E-state index in [1.165, 1.54) is 22.6 Å². The zero-order valence-corrected chi connectivity index (χ0v) is 17.8. The van der Waals surface area contributed by atoms with E-state index in [4.69, 9.17) is 16.7 Å². The number of rotatable bonds is 6. The average Bonchev–Trinajstić information content (AvgIpc) is 3.19. The normalized spacial score (nSPS) is 11.7. The van der Waals surface area contributed by atoms with Gasteiger partial charge in [-0.1, -0.05) is 60.1 Å². The van der Waals surface area contributed by atoms with Gasteiger partial charge in [-0.05, 0) is 24.3 Å². The van der Waals surface area contributed by atoms with Gasteiger partial charge in [-0.2, -0.15) is 9.40 Å². The summed E-state index contributed by atoms with van der Waals surface area (Å²) in [5.41, 5.74) is 3.34. The summed E-state index contributed by atoms with van der Waals surface area (Å²) < 4.78 is 29.0. The lowest BCUT2D eigenvalue weighted by molar-refractivity contribution is 0.467. The quantitative estimate of drug-likeness (QED) is 0.418. The Hall–Kier alpha value is -3.00. The van der Waals surface area contributed by atoms with E-state index in [2.05, 4.69) is 4.98 Å². The Morgan fingerprint density at radius 2 is 1.63 bits per heavy atom. The molecule has 2 aromatic carbocycles. The van der Waals surface area contributed by atoms with Gasteiger partial charge >= 0.3 is 0 Å². The molecule has 4 rings (SSSR count). The first-order valence-corrected chi connectivity index (χ1v) is 11.0. The van der Waals surface area contributed by atoms with Gasteiger partial charge in [-0.3, -0.25) is 0 Å². The maximum Gasteiger partial charge on any atom is 0.244 e. The highest BCUT2D eigenvalue weighted by Crippen LogP contribution is 2.26. The number of aromatic nitrogens is 3. The lowest BCUT2D eigenvalue weighted by Gasteiger charge is -2.17. The largest absolute Gasteiger partial charge is 0.244 e. The average molecular weight is 439 g/mol. The highest BCUT2D eigenvalue weighted by Gasteiger charge is 2.24. The van der Waals surface area contributed by atoms with E-state index in [0.717, 1.165) is 22.5 Å². The van der Waals surface area contributed by atoms with E-state index in [0.29, 0.717) is 0 Å². The first-order chi connectivity index (χ1) is 14.4. The molecule has 0 fully saturated rings. The predicted molar refractivity (Wildman–Crippen MR) is 117 cm³/mol. The van der Waals surface area contributed by atoms with Crippen LogP contribution in [0.4, 0.5) is 0 Å². The number of hydrogen-bond donors (Lipinski definition) is 0. The molecule has 2 heterocycles. The summed E-state index contributed by atoms with van der Waals surface area (Å²) in [7, 11) is -2.19. The molecule has 6 nitrogen and oxygen atoms in total. The Kier molecular flexibility index (Phi) is 5.67. The zero-order valence-electron chi connectivity index (χ0n) is 16.2. The van der Waals surface area contributed by atoms with Crippen molar-refractivity contribution in [2.24, 2.45) is 0 Å². The lowest BCUT2D eigenvalue weighted by Crippen LogP contribution is -2.26. The minimum atomic E-state index is -3.73. The van der Waals surface area contributed by atoms with Crippen molar-refractivity contribution in [2.45, 2.75) is 11.4 Å². The van der Waals surface area contributed by atoms with Crippen molar-refractivity contribution in [2.75, 3.05) is 7.05 Å². The third-order valence-electron chi connectivity index (χ3n) is 4.66. The zero-order chi connectivity index (χ0) is 21.1. The van der Waals surface area contributed by atoms with Gasteiger partial charge < -0.3 is 0 Å². The highest BCUT2D eigenvalue weighted by atomic mass is 35.5. The third kappa shape index (κ3) is 4.14. The summed E-state index contributed by atoms with van der Waals surface area (Å²) in [5, 5.41) is 4.98. The van der Waals surface area contributed by atoms with Crippen LogP contribution in [0.15, 0.2) is 90.1 Å². The third-order valence-corrected chi connectivity index (χ3v) is 6.67. The molecule has 0 aliphatic carbocycles. The van der Waals surface area contributed by atoms with E-state index in [-0.39, 0.29) is 16.6 Å². The van der Waals surface area contributed by atoms with Crippen molar-refractivity contribution in [1.29, 1.82) is 0 Å². The van der Waals surface area contributed by atoms with Gasteiger partial charge in [-0.15, -0.1) is 0 Å². The fourth-order valence-corrected chi connectivity index (χ4v) is 4.30. The van der Waals surface area contributed by atoms with E-state index >= 15 is 0 Å². The van der Waals surface area contributed by atoms with Crippen molar-refractivity contribution in [3.8, 4) is 16.9 Å². The van der Waals surface area contributed by atoms with Gasteiger partial charge in [0, 0.05) is 37.1 Å². The van der Waals surface area contributed by atoms with Crippen LogP contribution in [0.1, 0.15) is 5.56 Å². The molecule has 30 heavy (non-hydrogen) atoms. The van der Waals surface area contributed by atoms with Crippen LogP contribution in [0, 0.1) is 0 Å². The minimum absolute atomic E-state index is 0.0890. The van der Waals surface area contributed by atoms with Gasteiger partial charge in [0.05, 0.1) is 11.4 Å². The van der Waals surface area contributed by atoms with Gasteiger partial charge in [0.1, 0.15) is 10.0 Å². The van der Waals surface area contributed by atoms with Crippen LogP contribution < -0.4 is 0 Å². The second-order valence-corrected chi connectivity index (χ2v) is 9.16. The second-order valence-electron chi connectivity index (χ2n) is 6.73. The molecule has 0 atom stereocenters. The van der Waals surface area contributed by atoms with Crippen LogP contribution >= 0.6 is 11.6 Å². The Morgan fingerprint density at radius 1 is 0.967 bits per heavy atom. The summed E-state index contributed by atoms with van der Waals surface area (Å²) in [4.78, 5) is 3.98. The van der Waals surface area contributed by atoms with Crippen molar-refractivity contribution in [1.82, 2.24) is 19.1 Å². The molecule has 0 saturated carbocycles. The Balaban J connectivity index is 1.72. The standard InChI is InChI=1S/C22H19ClN4O2S/c1-26(30(28,29)20-12-13-21(23)24-14-20)15-18-16-27(19-10-6-3-7-11-19)25-22(18)17-8-4-2-5-9-17/h2-14,16H,15H2,1H3. The number of sulfonamides is 1. The maximum atomic E-state index is 13.0. The first kappa shape index (κ1) is 20.3. The molecule has 2 aromatic heterocycles. The van der Waals surface area contributed by atoms with E-state index in [1.54, 1.807) is 11.7 Å². The molecule has 4 aromatic rings. The number of pyridine rings is 1. The van der Waals surface area contributed by atoms with Gasteiger partial charge in [0.15, 0.2) is 0 Å². The fraction of sp³-hybridized carbons (Fsp3) is 0.0909.